The van der Waals surface area contributed by atoms with Crippen molar-refractivity contribution in [3.8, 4) is 0 Å². The Kier molecular flexibility index (Phi) is 4.90. The van der Waals surface area contributed by atoms with Crippen molar-refractivity contribution >= 4 is 27.8 Å². The fourth-order valence-electron chi connectivity index (χ4n) is 1.62. The Morgan fingerprint density at radius 1 is 1.37 bits per heavy atom. The highest BCUT2D eigenvalue weighted by Crippen LogP contribution is 2.23. The molecule has 0 amide bonds. The Bertz CT molecular complexity index is 518. The normalized spacial score (nSPS) is 11.2. The molecule has 0 spiro atoms. The molecule has 0 unspecified atom stereocenters. The van der Waals surface area contributed by atoms with Crippen LogP contribution in [0.1, 0.15) is 30.1 Å². The van der Waals surface area contributed by atoms with Crippen molar-refractivity contribution in [2.45, 2.75) is 39.9 Å². The molecule has 0 aromatic carbocycles. The predicted molar refractivity (Wildman–Crippen MR) is 83.0 cm³/mol. The van der Waals surface area contributed by atoms with E-state index in [4.69, 9.17) is 0 Å². The molecule has 0 aliphatic carbocycles. The maximum absolute atomic E-state index is 4.66. The second kappa shape index (κ2) is 6.45. The number of hydrogen-bond acceptors (Lipinski definition) is 6. The van der Waals surface area contributed by atoms with E-state index in [0.29, 0.717) is 6.04 Å². The minimum atomic E-state index is 0.489. The molecule has 0 aliphatic heterocycles. The molecule has 0 fully saturated rings. The van der Waals surface area contributed by atoms with Crippen LogP contribution < -0.4 is 10.2 Å². The lowest BCUT2D eigenvalue weighted by Gasteiger charge is -2.14. The van der Waals surface area contributed by atoms with Crippen LogP contribution in [0.5, 0.6) is 0 Å². The van der Waals surface area contributed by atoms with Gasteiger partial charge in [-0.05, 0) is 6.92 Å². The third kappa shape index (κ3) is 3.99. The van der Waals surface area contributed by atoms with Crippen LogP contribution in [0.4, 0.5) is 5.13 Å². The second-order valence-corrected chi connectivity index (χ2v) is 6.65. The summed E-state index contributed by atoms with van der Waals surface area (Å²) < 4.78 is 0. The summed E-state index contributed by atoms with van der Waals surface area (Å²) in [6.45, 7) is 8.06. The third-order valence-electron chi connectivity index (χ3n) is 2.78. The number of aryl methyl sites for hydroxylation is 1. The third-order valence-corrected chi connectivity index (χ3v) is 4.71. The van der Waals surface area contributed by atoms with Crippen LogP contribution in [-0.2, 0) is 13.1 Å². The van der Waals surface area contributed by atoms with Crippen molar-refractivity contribution in [2.24, 2.45) is 0 Å². The van der Waals surface area contributed by atoms with E-state index in [9.17, 15) is 0 Å². The summed E-state index contributed by atoms with van der Waals surface area (Å²) in [7, 11) is 2.08. The molecule has 2 heterocycles. The summed E-state index contributed by atoms with van der Waals surface area (Å²) in [5.41, 5.74) is 4.13. The van der Waals surface area contributed by atoms with E-state index >= 15 is 0 Å². The molecule has 19 heavy (non-hydrogen) atoms. The van der Waals surface area contributed by atoms with Gasteiger partial charge in [-0.2, -0.15) is 0 Å². The molecular weight excluding hydrogens is 276 g/mol. The number of nitrogens with one attached hydrogen (secondary N) is 1. The molecule has 2 rings (SSSR count). The molecule has 104 valence electrons. The van der Waals surface area contributed by atoms with Crippen molar-refractivity contribution in [1.82, 2.24) is 15.3 Å². The molecule has 0 bridgehead atoms. The van der Waals surface area contributed by atoms with Gasteiger partial charge in [0, 0.05) is 29.9 Å². The fraction of sp³-hybridized carbons (Fsp3) is 0.538. The van der Waals surface area contributed by atoms with Crippen molar-refractivity contribution in [3.05, 3.63) is 27.2 Å². The van der Waals surface area contributed by atoms with Gasteiger partial charge in [-0.25, -0.2) is 9.97 Å². The van der Waals surface area contributed by atoms with E-state index in [0.717, 1.165) is 29.6 Å². The Balaban J connectivity index is 1.96. The molecule has 4 nitrogen and oxygen atoms in total. The molecule has 2 aromatic heterocycles. The molecular formula is C13H20N4S2. The van der Waals surface area contributed by atoms with Crippen LogP contribution in [0.3, 0.4) is 0 Å². The molecule has 0 atom stereocenters. The summed E-state index contributed by atoms with van der Waals surface area (Å²) in [5.74, 6) is 0. The first kappa shape index (κ1) is 14.4. The number of rotatable bonds is 6. The van der Waals surface area contributed by atoms with Crippen molar-refractivity contribution in [2.75, 3.05) is 11.9 Å². The molecule has 6 heteroatoms. The van der Waals surface area contributed by atoms with E-state index < -0.39 is 0 Å². The van der Waals surface area contributed by atoms with Crippen molar-refractivity contribution in [3.63, 3.8) is 0 Å². The van der Waals surface area contributed by atoms with Crippen LogP contribution >= 0.6 is 22.7 Å². The van der Waals surface area contributed by atoms with Crippen molar-refractivity contribution < 1.29 is 0 Å². The average molecular weight is 296 g/mol. The highest BCUT2D eigenvalue weighted by Gasteiger charge is 2.10. The van der Waals surface area contributed by atoms with Gasteiger partial charge >= 0.3 is 0 Å². The van der Waals surface area contributed by atoms with Crippen LogP contribution in [-0.4, -0.2) is 23.1 Å². The maximum Gasteiger partial charge on any atom is 0.185 e. The second-order valence-electron chi connectivity index (χ2n) is 4.87. The molecule has 0 aliphatic rings. The van der Waals surface area contributed by atoms with E-state index in [1.54, 1.807) is 22.7 Å². The SMILES string of the molecule is Cc1ncsc1CN(C)c1nc(CNC(C)C)cs1. The summed E-state index contributed by atoms with van der Waals surface area (Å²) in [5, 5.41) is 6.58. The maximum atomic E-state index is 4.66. The summed E-state index contributed by atoms with van der Waals surface area (Å²) in [4.78, 5) is 12.4. The lowest BCUT2D eigenvalue weighted by molar-refractivity contribution is 0.583. The molecule has 0 radical (unpaired) electrons. The average Bonchev–Trinajstić information content (AvgIpc) is 2.97. The number of hydrogen-bond donors (Lipinski definition) is 1. The molecule has 2 aromatic rings. The van der Waals surface area contributed by atoms with Crippen LogP contribution in [0.2, 0.25) is 0 Å². The highest BCUT2D eigenvalue weighted by atomic mass is 32.1. The predicted octanol–water partition coefficient (Wildman–Crippen LogP) is 3.04. The van der Waals surface area contributed by atoms with Gasteiger partial charge in [0.1, 0.15) is 0 Å². The lowest BCUT2D eigenvalue weighted by atomic mass is 10.3. The topological polar surface area (TPSA) is 41.1 Å². The van der Waals surface area contributed by atoms with E-state index in [1.165, 1.54) is 4.88 Å². The summed E-state index contributed by atoms with van der Waals surface area (Å²) >= 11 is 3.40. The Labute approximate surface area is 122 Å². The zero-order valence-corrected chi connectivity index (χ0v) is 13.4. The summed E-state index contributed by atoms with van der Waals surface area (Å²) in [6, 6.07) is 0.489. The lowest BCUT2D eigenvalue weighted by Crippen LogP contribution is -2.22. The number of thiazole rings is 2. The Hall–Kier alpha value is -0.980. The van der Waals surface area contributed by atoms with Gasteiger partial charge in [-0.3, -0.25) is 0 Å². The Morgan fingerprint density at radius 2 is 2.16 bits per heavy atom. The van der Waals surface area contributed by atoms with E-state index in [2.05, 4.69) is 53.4 Å². The first-order valence-electron chi connectivity index (χ1n) is 6.34. The first-order chi connectivity index (χ1) is 9.06. The van der Waals surface area contributed by atoms with Gasteiger partial charge in [0.2, 0.25) is 0 Å². The van der Waals surface area contributed by atoms with Crippen LogP contribution in [0.25, 0.3) is 0 Å². The van der Waals surface area contributed by atoms with Gasteiger partial charge in [0.25, 0.3) is 0 Å². The number of aromatic nitrogens is 2. The molecule has 0 saturated heterocycles. The zero-order chi connectivity index (χ0) is 13.8. The van der Waals surface area contributed by atoms with E-state index in [1.807, 2.05) is 5.51 Å². The highest BCUT2D eigenvalue weighted by molar-refractivity contribution is 7.13. The molecule has 0 saturated carbocycles. The van der Waals surface area contributed by atoms with E-state index in [-0.39, 0.29) is 0 Å². The number of anilines is 1. The quantitative estimate of drug-likeness (QED) is 0.889. The number of nitrogens with zero attached hydrogens (tertiary/aromatic N) is 3. The minimum absolute atomic E-state index is 0.489. The standard InChI is InChI=1S/C13H20N4S2/c1-9(2)14-5-11-7-18-13(16-11)17(4)6-12-10(3)15-8-19-12/h7-9,14H,5-6H2,1-4H3. The first-order valence-corrected chi connectivity index (χ1v) is 8.10. The molecule has 1 N–H and O–H groups in total. The van der Waals surface area contributed by atoms with Gasteiger partial charge in [-0.1, -0.05) is 13.8 Å². The van der Waals surface area contributed by atoms with Crippen LogP contribution in [0, 0.1) is 6.92 Å². The van der Waals surface area contributed by atoms with Gasteiger partial charge in [0.05, 0.1) is 23.4 Å². The van der Waals surface area contributed by atoms with Crippen molar-refractivity contribution in [1.29, 1.82) is 0 Å². The monoisotopic (exact) mass is 296 g/mol. The Morgan fingerprint density at radius 3 is 2.79 bits per heavy atom. The fourth-order valence-corrected chi connectivity index (χ4v) is 3.24. The largest absolute Gasteiger partial charge is 0.346 e. The van der Waals surface area contributed by atoms with Gasteiger partial charge < -0.3 is 10.2 Å². The zero-order valence-electron chi connectivity index (χ0n) is 11.8. The van der Waals surface area contributed by atoms with Gasteiger partial charge in [0.15, 0.2) is 5.13 Å². The summed E-state index contributed by atoms with van der Waals surface area (Å²) in [6.07, 6.45) is 0. The van der Waals surface area contributed by atoms with Gasteiger partial charge in [-0.15, -0.1) is 22.7 Å². The van der Waals surface area contributed by atoms with Crippen LogP contribution in [0.15, 0.2) is 10.9 Å². The smallest absolute Gasteiger partial charge is 0.185 e. The minimum Gasteiger partial charge on any atom is -0.346 e.